The Labute approximate surface area is 243 Å². The normalized spacial score (nSPS) is 12.1. The highest BCUT2D eigenvalue weighted by Gasteiger charge is 2.34. The van der Waals surface area contributed by atoms with Gasteiger partial charge in [0.05, 0.1) is 10.6 Å². The minimum absolute atomic E-state index is 0.0563. The van der Waals surface area contributed by atoms with E-state index in [4.69, 9.17) is 11.6 Å². The molecule has 3 rings (SSSR count). The van der Waals surface area contributed by atoms with Crippen LogP contribution in [0.15, 0.2) is 71.6 Å². The Hall–Kier alpha value is -3.36. The van der Waals surface area contributed by atoms with E-state index < -0.39 is 28.5 Å². The zero-order chi connectivity index (χ0) is 29.4. The molecule has 0 radical (unpaired) electrons. The van der Waals surface area contributed by atoms with Gasteiger partial charge in [-0.05, 0) is 74.6 Å². The Morgan fingerprint density at radius 1 is 0.925 bits per heavy atom. The highest BCUT2D eigenvalue weighted by atomic mass is 35.5. The molecule has 0 heterocycles. The maximum absolute atomic E-state index is 14.1. The van der Waals surface area contributed by atoms with Gasteiger partial charge in [-0.15, -0.1) is 0 Å². The van der Waals surface area contributed by atoms with Crippen molar-refractivity contribution < 1.29 is 18.0 Å². The minimum atomic E-state index is -4.15. The second kappa shape index (κ2) is 13.8. The first kappa shape index (κ1) is 31.2. The Balaban J connectivity index is 2.09. The maximum Gasteiger partial charge on any atom is 0.264 e. The summed E-state index contributed by atoms with van der Waals surface area (Å²) in [6, 6.07) is 18.2. The predicted octanol–water partition coefficient (Wildman–Crippen LogP) is 5.79. The van der Waals surface area contributed by atoms with Gasteiger partial charge in [0.15, 0.2) is 0 Å². The number of hydrogen-bond acceptors (Lipinski definition) is 4. The molecular weight excluding hydrogens is 546 g/mol. The van der Waals surface area contributed by atoms with Gasteiger partial charge in [0.1, 0.15) is 12.6 Å². The van der Waals surface area contributed by atoms with Gasteiger partial charge >= 0.3 is 0 Å². The molecule has 214 valence electrons. The molecule has 1 unspecified atom stereocenters. The highest BCUT2D eigenvalue weighted by molar-refractivity contribution is 7.92. The zero-order valence-electron chi connectivity index (χ0n) is 23.8. The molecule has 2 amide bonds. The quantitative estimate of drug-likeness (QED) is 0.292. The number of halogens is 1. The van der Waals surface area contributed by atoms with Crippen molar-refractivity contribution in [1.82, 2.24) is 10.2 Å². The lowest BCUT2D eigenvalue weighted by Gasteiger charge is -2.33. The first-order valence-corrected chi connectivity index (χ1v) is 15.3. The van der Waals surface area contributed by atoms with Crippen molar-refractivity contribution in [2.24, 2.45) is 0 Å². The lowest BCUT2D eigenvalue weighted by atomic mass is 10.1. The number of nitrogens with zero attached hydrogens (tertiary/aromatic N) is 2. The number of rotatable bonds is 12. The molecule has 3 aromatic rings. The lowest BCUT2D eigenvalue weighted by molar-refractivity contribution is -0.140. The minimum Gasteiger partial charge on any atom is -0.354 e. The molecule has 0 aliphatic carbocycles. The Bertz CT molecular complexity index is 1440. The molecule has 0 saturated heterocycles. The Kier molecular flexibility index (Phi) is 10.8. The summed E-state index contributed by atoms with van der Waals surface area (Å²) in [5.41, 5.74) is 3.81. The molecule has 9 heteroatoms. The molecule has 0 spiro atoms. The largest absolute Gasteiger partial charge is 0.354 e. The van der Waals surface area contributed by atoms with Crippen LogP contribution in [0, 0.1) is 20.8 Å². The van der Waals surface area contributed by atoms with Crippen molar-refractivity contribution in [1.29, 1.82) is 0 Å². The van der Waals surface area contributed by atoms with Crippen molar-refractivity contribution >= 4 is 39.1 Å². The number of carbonyl (C=O) groups excluding carboxylic acids is 2. The van der Waals surface area contributed by atoms with Gasteiger partial charge in [-0.3, -0.25) is 13.9 Å². The summed E-state index contributed by atoms with van der Waals surface area (Å²) < 4.78 is 29.0. The van der Waals surface area contributed by atoms with E-state index >= 15 is 0 Å². The molecular formula is C31H38ClN3O4S. The fourth-order valence-electron chi connectivity index (χ4n) is 4.36. The van der Waals surface area contributed by atoms with Crippen LogP contribution in [0.1, 0.15) is 48.9 Å². The van der Waals surface area contributed by atoms with Crippen LogP contribution in [-0.4, -0.2) is 44.3 Å². The Morgan fingerprint density at radius 3 is 2.20 bits per heavy atom. The van der Waals surface area contributed by atoms with Gasteiger partial charge in [-0.25, -0.2) is 8.42 Å². The topological polar surface area (TPSA) is 86.8 Å². The van der Waals surface area contributed by atoms with Gasteiger partial charge < -0.3 is 10.2 Å². The van der Waals surface area contributed by atoms with Crippen molar-refractivity contribution in [3.8, 4) is 0 Å². The van der Waals surface area contributed by atoms with Crippen molar-refractivity contribution in [3.63, 3.8) is 0 Å². The first-order valence-electron chi connectivity index (χ1n) is 13.5. The van der Waals surface area contributed by atoms with Gasteiger partial charge in [0.25, 0.3) is 10.0 Å². The summed E-state index contributed by atoms with van der Waals surface area (Å²) in [5, 5.41) is 3.28. The van der Waals surface area contributed by atoms with E-state index in [0.717, 1.165) is 33.0 Å². The van der Waals surface area contributed by atoms with Crippen LogP contribution in [0.5, 0.6) is 0 Å². The molecule has 40 heavy (non-hydrogen) atoms. The van der Waals surface area contributed by atoms with Crippen LogP contribution in [0.2, 0.25) is 5.02 Å². The fourth-order valence-corrected chi connectivity index (χ4v) is 5.94. The number of hydrogen-bond donors (Lipinski definition) is 1. The Morgan fingerprint density at radius 2 is 1.60 bits per heavy atom. The molecule has 0 aliphatic heterocycles. The number of sulfonamides is 1. The molecule has 0 aliphatic rings. The number of aryl methyl sites for hydroxylation is 3. The molecule has 0 aromatic heterocycles. The third-order valence-corrected chi connectivity index (χ3v) is 9.06. The molecule has 1 atom stereocenters. The van der Waals surface area contributed by atoms with E-state index in [1.807, 2.05) is 58.9 Å². The van der Waals surface area contributed by atoms with Gasteiger partial charge in [0, 0.05) is 18.1 Å². The average molecular weight is 584 g/mol. The van der Waals surface area contributed by atoms with Gasteiger partial charge in [0.2, 0.25) is 11.8 Å². The summed E-state index contributed by atoms with van der Waals surface area (Å²) in [6.07, 6.45) is 1.12. The smallest absolute Gasteiger partial charge is 0.264 e. The highest BCUT2D eigenvalue weighted by Crippen LogP contribution is 2.29. The molecule has 3 aromatic carbocycles. The second-order valence-corrected chi connectivity index (χ2v) is 12.2. The van der Waals surface area contributed by atoms with E-state index in [1.165, 1.54) is 17.0 Å². The van der Waals surface area contributed by atoms with Crippen LogP contribution >= 0.6 is 11.6 Å². The molecule has 0 bridgehead atoms. The molecule has 0 saturated carbocycles. The number of amides is 2. The first-order chi connectivity index (χ1) is 19.0. The van der Waals surface area contributed by atoms with Crippen LogP contribution in [-0.2, 0) is 26.2 Å². The van der Waals surface area contributed by atoms with E-state index in [-0.39, 0.29) is 23.0 Å². The average Bonchev–Trinajstić information content (AvgIpc) is 2.93. The lowest BCUT2D eigenvalue weighted by Crippen LogP contribution is -2.52. The summed E-state index contributed by atoms with van der Waals surface area (Å²) in [6.45, 7) is 9.58. The van der Waals surface area contributed by atoms with E-state index in [2.05, 4.69) is 5.32 Å². The maximum atomic E-state index is 14.1. The number of carbonyl (C=O) groups is 2. The van der Waals surface area contributed by atoms with Crippen LogP contribution in [0.3, 0.4) is 0 Å². The third-order valence-electron chi connectivity index (χ3n) is 6.87. The monoisotopic (exact) mass is 583 g/mol. The summed E-state index contributed by atoms with van der Waals surface area (Å²) >= 11 is 6.39. The van der Waals surface area contributed by atoms with Crippen molar-refractivity contribution in [2.45, 2.75) is 64.9 Å². The standard InChI is InChI=1S/C31H38ClN3O4S/c1-6-18-33-31(37)29(7-2)34(20-25-11-9-8-10-23(25)4)30(36)21-35(26-15-14-24(5)28(32)19-26)40(38,39)27-16-12-22(3)13-17-27/h8-17,19,29H,6-7,18,20-21H2,1-5H3,(H,33,37). The van der Waals surface area contributed by atoms with Gasteiger partial charge in [-0.1, -0.05) is 73.5 Å². The summed E-state index contributed by atoms with van der Waals surface area (Å²) in [7, 11) is -4.15. The molecule has 0 fully saturated rings. The van der Waals surface area contributed by atoms with Crippen LogP contribution in [0.4, 0.5) is 5.69 Å². The van der Waals surface area contributed by atoms with Crippen LogP contribution in [0.25, 0.3) is 0 Å². The summed E-state index contributed by atoms with van der Waals surface area (Å²) in [4.78, 5) is 28.8. The molecule has 7 nitrogen and oxygen atoms in total. The predicted molar refractivity (Wildman–Crippen MR) is 161 cm³/mol. The number of benzene rings is 3. The van der Waals surface area contributed by atoms with Crippen molar-refractivity contribution in [2.75, 3.05) is 17.4 Å². The number of nitrogens with one attached hydrogen (secondary N) is 1. The summed E-state index contributed by atoms with van der Waals surface area (Å²) in [5.74, 6) is -0.758. The third kappa shape index (κ3) is 7.43. The van der Waals surface area contributed by atoms with Crippen LogP contribution < -0.4 is 9.62 Å². The van der Waals surface area contributed by atoms with E-state index in [1.54, 1.807) is 30.3 Å². The van der Waals surface area contributed by atoms with E-state index in [9.17, 15) is 18.0 Å². The SMILES string of the molecule is CCCNC(=O)C(CC)N(Cc1ccccc1C)C(=O)CN(c1ccc(C)c(Cl)c1)S(=O)(=O)c1ccc(C)cc1. The molecule has 1 N–H and O–H groups in total. The van der Waals surface area contributed by atoms with Crippen molar-refractivity contribution in [3.05, 3.63) is 94.0 Å². The second-order valence-electron chi connectivity index (χ2n) is 9.92. The fraction of sp³-hybridized carbons (Fsp3) is 0.355. The van der Waals surface area contributed by atoms with E-state index in [0.29, 0.717) is 18.0 Å². The number of anilines is 1. The van der Waals surface area contributed by atoms with Gasteiger partial charge in [-0.2, -0.15) is 0 Å². The zero-order valence-corrected chi connectivity index (χ0v) is 25.3.